The molecular formula is C13H26O11S2. The predicted octanol–water partition coefficient (Wildman–Crippen LogP) is -4.60. The molecule has 0 aliphatic carbocycles. The molecule has 0 aromatic rings. The molecule has 1 rings (SSSR count). The molecule has 1 heterocycles. The maximum Gasteiger partial charge on any atom is 0.218 e. The van der Waals surface area contributed by atoms with Crippen LogP contribution in [0.2, 0.25) is 0 Å². The maximum atomic E-state index is 10.9. The summed E-state index contributed by atoms with van der Waals surface area (Å²) in [5, 5.41) is 67.8. The van der Waals surface area contributed by atoms with E-state index in [2.05, 4.69) is 4.18 Å². The summed E-state index contributed by atoms with van der Waals surface area (Å²) >= 11 is 0. The predicted molar refractivity (Wildman–Crippen MR) is 88.9 cm³/mol. The number of aliphatic hydroxyl groups is 7. The van der Waals surface area contributed by atoms with Crippen LogP contribution in [0, 0.1) is 0 Å². The van der Waals surface area contributed by atoms with Gasteiger partial charge in [-0.25, -0.2) is 8.42 Å². The van der Waals surface area contributed by atoms with E-state index >= 15 is 0 Å². The van der Waals surface area contributed by atoms with Crippen LogP contribution in [-0.2, 0) is 25.5 Å². The lowest BCUT2D eigenvalue weighted by atomic mass is 9.99. The largest absolute Gasteiger partial charge is 0.726 e. The van der Waals surface area contributed by atoms with Crippen molar-refractivity contribution in [1.82, 2.24) is 0 Å². The van der Waals surface area contributed by atoms with E-state index < -0.39 is 75.9 Å². The third-order valence-corrected chi connectivity index (χ3v) is 7.54. The van der Waals surface area contributed by atoms with Gasteiger partial charge in [-0.15, -0.1) is 0 Å². The lowest BCUT2D eigenvalue weighted by Gasteiger charge is -2.32. The van der Waals surface area contributed by atoms with Gasteiger partial charge in [0.2, 0.25) is 10.4 Å². The van der Waals surface area contributed by atoms with Gasteiger partial charge in [0.1, 0.15) is 48.1 Å². The SMILES string of the molecule is CC[C@H](O)[C@@H](O)[C@@H](O)[C@H](OS(=O)(=O)[O-])[C@H](O)C[S+]1C[C@@H](O)[C@H](O)[C@H]1CO. The van der Waals surface area contributed by atoms with Crippen molar-refractivity contribution in [2.24, 2.45) is 0 Å². The first-order valence-corrected chi connectivity index (χ1v) is 10.9. The lowest BCUT2D eigenvalue weighted by Crippen LogP contribution is -2.53. The van der Waals surface area contributed by atoms with Gasteiger partial charge in [-0.05, 0) is 6.42 Å². The minimum atomic E-state index is -5.36. The van der Waals surface area contributed by atoms with E-state index in [0.29, 0.717) is 0 Å². The van der Waals surface area contributed by atoms with Gasteiger partial charge in [-0.1, -0.05) is 6.92 Å². The molecule has 13 heteroatoms. The molecule has 0 aromatic carbocycles. The summed E-state index contributed by atoms with van der Waals surface area (Å²) in [7, 11) is -6.34. The minimum absolute atomic E-state index is 0.000509. The highest BCUT2D eigenvalue weighted by atomic mass is 32.3. The standard InChI is InChI=1S/C13H26O11S2/c1-2-6(15)11(19)12(20)13(24-26(21,22)23)8(17)5-25-4-7(16)10(18)9(25)3-14/h6-20H,2-5H2,1H3/t6-,7+,8+,9+,10-,11+,12+,13+,25?/m0/s1. The van der Waals surface area contributed by atoms with Crippen LogP contribution in [-0.4, -0.2) is 115 Å². The lowest BCUT2D eigenvalue weighted by molar-refractivity contribution is -0.122. The van der Waals surface area contributed by atoms with Crippen LogP contribution in [0.4, 0.5) is 0 Å². The van der Waals surface area contributed by atoms with Gasteiger partial charge in [0.05, 0.1) is 12.7 Å². The second-order valence-electron chi connectivity index (χ2n) is 6.14. The Bertz CT molecular complexity index is 530. The third-order valence-electron chi connectivity index (χ3n) is 4.26. The first kappa shape index (κ1) is 24.0. The summed E-state index contributed by atoms with van der Waals surface area (Å²) in [6, 6.07) is 0. The van der Waals surface area contributed by atoms with Crippen molar-refractivity contribution in [3.8, 4) is 0 Å². The summed E-state index contributed by atoms with van der Waals surface area (Å²) < 4.78 is 36.9. The normalized spacial score (nSPS) is 32.8. The Hall–Kier alpha value is -0.0600. The number of hydrogen-bond donors (Lipinski definition) is 7. The third kappa shape index (κ3) is 6.24. The molecule has 0 spiro atoms. The summed E-state index contributed by atoms with van der Waals surface area (Å²) in [4.78, 5) is 0. The molecule has 1 unspecified atom stereocenters. The van der Waals surface area contributed by atoms with Crippen LogP contribution >= 0.6 is 0 Å². The van der Waals surface area contributed by atoms with Gasteiger partial charge < -0.3 is 40.3 Å². The van der Waals surface area contributed by atoms with E-state index in [1.807, 2.05) is 0 Å². The summed E-state index contributed by atoms with van der Waals surface area (Å²) in [6.07, 6.45) is -11.7. The van der Waals surface area contributed by atoms with Crippen LogP contribution in [0.1, 0.15) is 13.3 Å². The van der Waals surface area contributed by atoms with Crippen LogP contribution in [0.3, 0.4) is 0 Å². The molecule has 1 aliphatic heterocycles. The van der Waals surface area contributed by atoms with Crippen molar-refractivity contribution in [3.05, 3.63) is 0 Å². The molecule has 1 fully saturated rings. The number of hydrogen-bond acceptors (Lipinski definition) is 11. The second-order valence-corrected chi connectivity index (χ2v) is 9.50. The molecule has 0 bridgehead atoms. The van der Waals surface area contributed by atoms with Gasteiger partial charge in [0.25, 0.3) is 0 Å². The molecule has 9 atom stereocenters. The van der Waals surface area contributed by atoms with E-state index in [0.717, 1.165) is 0 Å². The van der Waals surface area contributed by atoms with Gasteiger partial charge in [0, 0.05) is 10.9 Å². The highest BCUT2D eigenvalue weighted by Crippen LogP contribution is 2.26. The monoisotopic (exact) mass is 422 g/mol. The quantitative estimate of drug-likeness (QED) is 0.101. The van der Waals surface area contributed by atoms with Crippen LogP contribution in [0.15, 0.2) is 0 Å². The summed E-state index contributed by atoms with van der Waals surface area (Å²) in [6.45, 7) is 0.977. The molecule has 11 nitrogen and oxygen atoms in total. The fourth-order valence-corrected chi connectivity index (χ4v) is 5.95. The first-order chi connectivity index (χ1) is 11.9. The Labute approximate surface area is 154 Å². The molecule has 1 aliphatic rings. The van der Waals surface area contributed by atoms with Gasteiger partial charge >= 0.3 is 0 Å². The highest BCUT2D eigenvalue weighted by Gasteiger charge is 2.51. The van der Waals surface area contributed by atoms with Crippen molar-refractivity contribution >= 4 is 21.3 Å². The molecule has 7 N–H and O–H groups in total. The average molecular weight is 422 g/mol. The van der Waals surface area contributed by atoms with E-state index in [9.17, 15) is 48.7 Å². The highest BCUT2D eigenvalue weighted by molar-refractivity contribution is 7.97. The topological polar surface area (TPSA) is 208 Å². The van der Waals surface area contributed by atoms with Crippen LogP contribution in [0.25, 0.3) is 0 Å². The second kappa shape index (κ2) is 9.93. The van der Waals surface area contributed by atoms with Gasteiger partial charge in [-0.3, -0.25) is 4.18 Å². The Balaban J connectivity index is 2.95. The molecule has 0 amide bonds. The van der Waals surface area contributed by atoms with Crippen molar-refractivity contribution in [2.45, 2.75) is 61.3 Å². The zero-order valence-corrected chi connectivity index (χ0v) is 15.7. The Kier molecular flexibility index (Phi) is 9.16. The number of rotatable bonds is 10. The summed E-state index contributed by atoms with van der Waals surface area (Å²) in [5.41, 5.74) is 0. The van der Waals surface area contributed by atoms with Gasteiger partial charge in [-0.2, -0.15) is 0 Å². The zero-order chi connectivity index (χ0) is 20.2. The van der Waals surface area contributed by atoms with E-state index in [-0.39, 0.29) is 17.9 Å². The van der Waals surface area contributed by atoms with Crippen molar-refractivity contribution in [2.75, 3.05) is 18.1 Å². The minimum Gasteiger partial charge on any atom is -0.726 e. The zero-order valence-electron chi connectivity index (χ0n) is 14.0. The maximum absolute atomic E-state index is 10.9. The molecule has 0 aromatic heterocycles. The Morgan fingerprint density at radius 2 is 1.73 bits per heavy atom. The molecule has 0 radical (unpaired) electrons. The number of aliphatic hydroxyl groups excluding tert-OH is 7. The van der Waals surface area contributed by atoms with Crippen molar-refractivity contribution in [1.29, 1.82) is 0 Å². The molecule has 26 heavy (non-hydrogen) atoms. The first-order valence-electron chi connectivity index (χ1n) is 7.92. The van der Waals surface area contributed by atoms with E-state index in [1.54, 1.807) is 0 Å². The van der Waals surface area contributed by atoms with Crippen molar-refractivity contribution < 1.29 is 52.9 Å². The fraction of sp³-hybridized carbons (Fsp3) is 1.00. The Morgan fingerprint density at radius 3 is 2.19 bits per heavy atom. The molecule has 0 saturated carbocycles. The molecule has 156 valence electrons. The fourth-order valence-electron chi connectivity index (χ4n) is 2.75. The van der Waals surface area contributed by atoms with Crippen LogP contribution < -0.4 is 0 Å². The van der Waals surface area contributed by atoms with E-state index in [1.165, 1.54) is 6.92 Å². The van der Waals surface area contributed by atoms with Crippen LogP contribution in [0.5, 0.6) is 0 Å². The average Bonchev–Trinajstić information content (AvgIpc) is 2.82. The van der Waals surface area contributed by atoms with Gasteiger partial charge in [0.15, 0.2) is 5.25 Å². The van der Waals surface area contributed by atoms with E-state index in [4.69, 9.17) is 0 Å². The molecule has 1 saturated heterocycles. The molecular weight excluding hydrogens is 396 g/mol. The smallest absolute Gasteiger partial charge is 0.218 e. The Morgan fingerprint density at radius 1 is 1.15 bits per heavy atom. The summed E-state index contributed by atoms with van der Waals surface area (Å²) in [5.74, 6) is -0.304. The van der Waals surface area contributed by atoms with Crippen molar-refractivity contribution in [3.63, 3.8) is 0 Å².